The van der Waals surface area contributed by atoms with E-state index >= 15 is 0 Å². The molecule has 1 aliphatic carbocycles. The molecule has 0 bridgehead atoms. The van der Waals surface area contributed by atoms with Gasteiger partial charge in [-0.15, -0.1) is 0 Å². The van der Waals surface area contributed by atoms with E-state index in [1.54, 1.807) is 0 Å². The van der Waals surface area contributed by atoms with Crippen LogP contribution in [0.3, 0.4) is 0 Å². The zero-order chi connectivity index (χ0) is 11.3. The van der Waals surface area contributed by atoms with Gasteiger partial charge in [-0.1, -0.05) is 20.3 Å². The van der Waals surface area contributed by atoms with E-state index in [1.165, 1.54) is 12.8 Å². The minimum atomic E-state index is -0.690. The van der Waals surface area contributed by atoms with Gasteiger partial charge in [0.1, 0.15) is 0 Å². The molecule has 15 heavy (non-hydrogen) atoms. The van der Waals surface area contributed by atoms with Gasteiger partial charge in [0.25, 0.3) is 0 Å². The highest BCUT2D eigenvalue weighted by molar-refractivity contribution is 5.69. The van der Waals surface area contributed by atoms with E-state index in [9.17, 15) is 4.79 Å². The number of rotatable bonds is 8. The summed E-state index contributed by atoms with van der Waals surface area (Å²) in [6, 6.07) is 0.465. The Kier molecular flexibility index (Phi) is 5.09. The van der Waals surface area contributed by atoms with E-state index in [-0.39, 0.29) is 6.54 Å². The molecule has 0 aromatic heterocycles. The van der Waals surface area contributed by atoms with Gasteiger partial charge in [0, 0.05) is 12.6 Å². The highest BCUT2D eigenvalue weighted by Crippen LogP contribution is 2.30. The predicted octanol–water partition coefficient (Wildman–Crippen LogP) is 2.36. The Morgan fingerprint density at radius 1 is 1.47 bits per heavy atom. The Labute approximate surface area is 92.5 Å². The predicted molar refractivity (Wildman–Crippen MR) is 60.9 cm³/mol. The van der Waals surface area contributed by atoms with Gasteiger partial charge in [0.15, 0.2) is 0 Å². The Morgan fingerprint density at radius 2 is 2.13 bits per heavy atom. The lowest BCUT2D eigenvalue weighted by Gasteiger charge is -2.29. The number of aliphatic carboxylic acids is 1. The molecule has 0 spiro atoms. The van der Waals surface area contributed by atoms with Gasteiger partial charge in [-0.3, -0.25) is 9.69 Å². The molecule has 88 valence electrons. The highest BCUT2D eigenvalue weighted by Gasteiger charge is 2.28. The Hall–Kier alpha value is -0.570. The molecule has 1 atom stereocenters. The Morgan fingerprint density at radius 3 is 2.53 bits per heavy atom. The summed E-state index contributed by atoms with van der Waals surface area (Å²) >= 11 is 0. The first-order valence-corrected chi connectivity index (χ1v) is 6.13. The first-order chi connectivity index (χ1) is 7.17. The first-order valence-electron chi connectivity index (χ1n) is 6.13. The summed E-state index contributed by atoms with van der Waals surface area (Å²) in [4.78, 5) is 13.0. The molecule has 1 N–H and O–H groups in total. The van der Waals surface area contributed by atoms with Crippen LogP contribution >= 0.6 is 0 Å². The van der Waals surface area contributed by atoms with Crippen molar-refractivity contribution in [2.24, 2.45) is 5.92 Å². The van der Waals surface area contributed by atoms with E-state index in [0.29, 0.717) is 6.04 Å². The number of nitrogens with zero attached hydrogens (tertiary/aromatic N) is 1. The maximum Gasteiger partial charge on any atom is 0.317 e. The monoisotopic (exact) mass is 213 g/mol. The third-order valence-electron chi connectivity index (χ3n) is 3.14. The SMILES string of the molecule is CCCC(CC)N(CC(=O)O)CC1CC1. The maximum atomic E-state index is 10.8. The summed E-state index contributed by atoms with van der Waals surface area (Å²) in [5.74, 6) is 0.0838. The van der Waals surface area contributed by atoms with Gasteiger partial charge >= 0.3 is 5.97 Å². The third kappa shape index (κ3) is 4.65. The van der Waals surface area contributed by atoms with Gasteiger partial charge in [-0.05, 0) is 31.6 Å². The van der Waals surface area contributed by atoms with Gasteiger partial charge < -0.3 is 5.11 Å². The summed E-state index contributed by atoms with van der Waals surface area (Å²) in [5, 5.41) is 8.89. The van der Waals surface area contributed by atoms with Crippen LogP contribution in [0.25, 0.3) is 0 Å². The summed E-state index contributed by atoms with van der Waals surface area (Å²) in [5.41, 5.74) is 0. The van der Waals surface area contributed by atoms with Crippen LogP contribution in [0, 0.1) is 5.92 Å². The van der Waals surface area contributed by atoms with E-state index in [1.807, 2.05) is 0 Å². The fraction of sp³-hybridized carbons (Fsp3) is 0.917. The molecule has 1 aliphatic rings. The van der Waals surface area contributed by atoms with Gasteiger partial charge in [0.05, 0.1) is 6.54 Å². The molecule has 0 amide bonds. The fourth-order valence-electron chi connectivity index (χ4n) is 2.13. The summed E-state index contributed by atoms with van der Waals surface area (Å²) in [6.45, 7) is 5.53. The normalized spacial score (nSPS) is 18.1. The molecular formula is C12H23NO2. The lowest BCUT2D eigenvalue weighted by Crippen LogP contribution is -2.40. The molecule has 0 aromatic carbocycles. The lowest BCUT2D eigenvalue weighted by molar-refractivity contribution is -0.139. The second-order valence-corrected chi connectivity index (χ2v) is 4.62. The van der Waals surface area contributed by atoms with Crippen molar-refractivity contribution >= 4 is 5.97 Å². The maximum absolute atomic E-state index is 10.8. The molecule has 0 aromatic rings. The largest absolute Gasteiger partial charge is 0.480 e. The van der Waals surface area contributed by atoms with Gasteiger partial charge in [-0.25, -0.2) is 0 Å². The van der Waals surface area contributed by atoms with Crippen molar-refractivity contribution in [3.8, 4) is 0 Å². The molecule has 3 heteroatoms. The average molecular weight is 213 g/mol. The van der Waals surface area contributed by atoms with Crippen LogP contribution in [0.2, 0.25) is 0 Å². The summed E-state index contributed by atoms with van der Waals surface area (Å²) in [7, 11) is 0. The van der Waals surface area contributed by atoms with Crippen molar-refractivity contribution < 1.29 is 9.90 Å². The molecule has 1 unspecified atom stereocenters. The molecule has 1 fully saturated rings. The molecule has 0 radical (unpaired) electrons. The van der Waals surface area contributed by atoms with Crippen molar-refractivity contribution in [1.82, 2.24) is 4.90 Å². The lowest BCUT2D eigenvalue weighted by atomic mass is 10.1. The number of carboxylic acids is 1. The van der Waals surface area contributed by atoms with Crippen molar-refractivity contribution in [3.63, 3.8) is 0 Å². The van der Waals surface area contributed by atoms with Crippen molar-refractivity contribution in [2.45, 2.75) is 52.0 Å². The van der Waals surface area contributed by atoms with Crippen LogP contribution in [-0.2, 0) is 4.79 Å². The smallest absolute Gasteiger partial charge is 0.317 e. The Balaban J connectivity index is 2.45. The second kappa shape index (κ2) is 6.11. The number of hydrogen-bond donors (Lipinski definition) is 1. The van der Waals surface area contributed by atoms with E-state index in [0.717, 1.165) is 31.7 Å². The van der Waals surface area contributed by atoms with Gasteiger partial charge in [0.2, 0.25) is 0 Å². The average Bonchev–Trinajstić information content (AvgIpc) is 2.96. The van der Waals surface area contributed by atoms with Crippen LogP contribution in [0.4, 0.5) is 0 Å². The molecule has 0 heterocycles. The molecule has 3 nitrogen and oxygen atoms in total. The molecule has 1 rings (SSSR count). The minimum Gasteiger partial charge on any atom is -0.480 e. The number of carboxylic acid groups (broad SMARTS) is 1. The van der Waals surface area contributed by atoms with E-state index in [2.05, 4.69) is 18.7 Å². The summed E-state index contributed by atoms with van der Waals surface area (Å²) < 4.78 is 0. The molecular weight excluding hydrogens is 190 g/mol. The van der Waals surface area contributed by atoms with Crippen LogP contribution in [0.1, 0.15) is 46.0 Å². The Bertz CT molecular complexity index is 202. The molecule has 0 saturated heterocycles. The van der Waals surface area contributed by atoms with Crippen molar-refractivity contribution in [3.05, 3.63) is 0 Å². The van der Waals surface area contributed by atoms with E-state index < -0.39 is 5.97 Å². The number of hydrogen-bond acceptors (Lipinski definition) is 2. The van der Waals surface area contributed by atoms with Crippen LogP contribution in [0.5, 0.6) is 0 Å². The quantitative estimate of drug-likeness (QED) is 0.673. The zero-order valence-corrected chi connectivity index (χ0v) is 9.91. The van der Waals surface area contributed by atoms with Crippen molar-refractivity contribution in [1.29, 1.82) is 0 Å². The molecule has 1 saturated carbocycles. The topological polar surface area (TPSA) is 40.5 Å². The molecule has 0 aliphatic heterocycles. The first kappa shape index (κ1) is 12.5. The summed E-state index contributed by atoms with van der Waals surface area (Å²) in [6.07, 6.45) is 5.90. The van der Waals surface area contributed by atoms with Crippen LogP contribution < -0.4 is 0 Å². The van der Waals surface area contributed by atoms with Crippen molar-refractivity contribution in [2.75, 3.05) is 13.1 Å². The zero-order valence-electron chi connectivity index (χ0n) is 9.91. The highest BCUT2D eigenvalue weighted by atomic mass is 16.4. The second-order valence-electron chi connectivity index (χ2n) is 4.62. The van der Waals surface area contributed by atoms with E-state index in [4.69, 9.17) is 5.11 Å². The fourth-order valence-corrected chi connectivity index (χ4v) is 2.13. The number of carbonyl (C=O) groups is 1. The third-order valence-corrected chi connectivity index (χ3v) is 3.14. The van der Waals surface area contributed by atoms with Crippen LogP contribution in [-0.4, -0.2) is 35.1 Å². The standard InChI is InChI=1S/C12H23NO2/c1-3-5-11(4-2)13(9-12(14)15)8-10-6-7-10/h10-11H,3-9H2,1-2H3,(H,14,15). The van der Waals surface area contributed by atoms with Gasteiger partial charge in [-0.2, -0.15) is 0 Å². The van der Waals surface area contributed by atoms with Crippen LogP contribution in [0.15, 0.2) is 0 Å². The minimum absolute atomic E-state index is 0.217.